The molecular formula is C22H27N3O3. The maximum atomic E-state index is 12.6. The van der Waals surface area contributed by atoms with Crippen LogP contribution in [0.4, 0.5) is 5.69 Å². The third kappa shape index (κ3) is 5.18. The molecule has 28 heavy (non-hydrogen) atoms. The minimum Gasteiger partial charge on any atom is -0.379 e. The molecule has 3 rings (SSSR count). The van der Waals surface area contributed by atoms with Gasteiger partial charge in [-0.15, -0.1) is 0 Å². The maximum Gasteiger partial charge on any atom is 0.244 e. The van der Waals surface area contributed by atoms with Crippen LogP contribution >= 0.6 is 0 Å². The Balaban J connectivity index is 1.62. The Kier molecular flexibility index (Phi) is 7.17. The number of nitrogens with zero attached hydrogens (tertiary/aromatic N) is 2. The molecule has 0 bridgehead atoms. The van der Waals surface area contributed by atoms with Crippen molar-refractivity contribution in [3.8, 4) is 0 Å². The van der Waals surface area contributed by atoms with Crippen LogP contribution in [0.2, 0.25) is 0 Å². The van der Waals surface area contributed by atoms with Crippen molar-refractivity contribution in [1.29, 1.82) is 0 Å². The van der Waals surface area contributed by atoms with E-state index in [2.05, 4.69) is 10.3 Å². The number of nitrogens with one attached hydrogen (secondary N) is 1. The van der Waals surface area contributed by atoms with Gasteiger partial charge in [-0.2, -0.15) is 0 Å². The summed E-state index contributed by atoms with van der Waals surface area (Å²) < 4.78 is 12.8. The molecule has 1 aromatic heterocycles. The summed E-state index contributed by atoms with van der Waals surface area (Å²) >= 11 is 0. The Bertz CT molecular complexity index is 920. The molecule has 0 saturated heterocycles. The fourth-order valence-electron chi connectivity index (χ4n) is 3.11. The first-order chi connectivity index (χ1) is 13.7. The van der Waals surface area contributed by atoms with E-state index >= 15 is 0 Å². The van der Waals surface area contributed by atoms with Gasteiger partial charge in [-0.25, -0.2) is 4.98 Å². The predicted molar refractivity (Wildman–Crippen MR) is 110 cm³/mol. The summed E-state index contributed by atoms with van der Waals surface area (Å²) in [7, 11) is 0. The minimum absolute atomic E-state index is 0.0766. The van der Waals surface area contributed by atoms with Gasteiger partial charge in [-0.05, 0) is 36.8 Å². The van der Waals surface area contributed by atoms with Crippen molar-refractivity contribution in [2.45, 2.75) is 33.4 Å². The van der Waals surface area contributed by atoms with E-state index in [0.29, 0.717) is 26.4 Å². The summed E-state index contributed by atoms with van der Waals surface area (Å²) in [6, 6.07) is 15.6. The van der Waals surface area contributed by atoms with Crippen LogP contribution in [0.5, 0.6) is 0 Å². The van der Waals surface area contributed by atoms with E-state index in [9.17, 15) is 4.79 Å². The lowest BCUT2D eigenvalue weighted by Crippen LogP contribution is -2.20. The number of anilines is 1. The van der Waals surface area contributed by atoms with Gasteiger partial charge in [0.05, 0.1) is 30.9 Å². The van der Waals surface area contributed by atoms with Crippen molar-refractivity contribution in [3.05, 3.63) is 59.9 Å². The molecule has 2 aromatic carbocycles. The highest BCUT2D eigenvalue weighted by molar-refractivity contribution is 5.91. The molecule has 0 unspecified atom stereocenters. The minimum atomic E-state index is -0.0766. The highest BCUT2D eigenvalue weighted by Gasteiger charge is 2.12. The van der Waals surface area contributed by atoms with Crippen LogP contribution in [-0.2, 0) is 33.8 Å². The van der Waals surface area contributed by atoms with Crippen molar-refractivity contribution < 1.29 is 14.3 Å². The van der Waals surface area contributed by atoms with E-state index in [0.717, 1.165) is 34.5 Å². The topological polar surface area (TPSA) is 65.4 Å². The summed E-state index contributed by atoms with van der Waals surface area (Å²) in [5, 5.41) is 2.98. The number of aromatic nitrogens is 2. The van der Waals surface area contributed by atoms with Crippen molar-refractivity contribution in [3.63, 3.8) is 0 Å². The van der Waals surface area contributed by atoms with Gasteiger partial charge < -0.3 is 19.4 Å². The fraction of sp³-hybridized carbons (Fsp3) is 0.364. The molecule has 1 heterocycles. The van der Waals surface area contributed by atoms with Crippen molar-refractivity contribution in [1.82, 2.24) is 9.55 Å². The fourth-order valence-corrected chi connectivity index (χ4v) is 3.11. The Morgan fingerprint density at radius 3 is 2.71 bits per heavy atom. The van der Waals surface area contributed by atoms with E-state index in [4.69, 9.17) is 9.47 Å². The lowest BCUT2D eigenvalue weighted by atomic mass is 10.2. The quantitative estimate of drug-likeness (QED) is 0.543. The Hall–Kier alpha value is -2.70. The highest BCUT2D eigenvalue weighted by Crippen LogP contribution is 2.17. The molecule has 0 saturated carbocycles. The molecule has 6 nitrogen and oxygen atoms in total. The van der Waals surface area contributed by atoms with Crippen molar-refractivity contribution in [2.24, 2.45) is 0 Å². The zero-order valence-corrected chi connectivity index (χ0v) is 16.5. The summed E-state index contributed by atoms with van der Waals surface area (Å²) in [6.07, 6.45) is 0.774. The molecular weight excluding hydrogens is 354 g/mol. The van der Waals surface area contributed by atoms with Gasteiger partial charge in [-0.3, -0.25) is 4.79 Å². The van der Waals surface area contributed by atoms with Crippen LogP contribution < -0.4 is 5.32 Å². The van der Waals surface area contributed by atoms with Crippen LogP contribution in [0.15, 0.2) is 48.5 Å². The molecule has 0 aliphatic rings. The SMILES string of the molecule is CCOCCOCc1cccc(NC(=O)Cn2c(CC)nc3ccccc32)c1. The molecule has 0 aliphatic carbocycles. The molecule has 0 atom stereocenters. The van der Waals surface area contributed by atoms with Crippen LogP contribution in [0.3, 0.4) is 0 Å². The molecule has 3 aromatic rings. The zero-order chi connectivity index (χ0) is 19.8. The second-order valence-corrected chi connectivity index (χ2v) is 6.45. The lowest BCUT2D eigenvalue weighted by Gasteiger charge is -2.11. The van der Waals surface area contributed by atoms with Gasteiger partial charge in [0, 0.05) is 18.7 Å². The molecule has 0 fully saturated rings. The van der Waals surface area contributed by atoms with Gasteiger partial charge in [0.1, 0.15) is 12.4 Å². The Morgan fingerprint density at radius 2 is 1.89 bits per heavy atom. The number of hydrogen-bond acceptors (Lipinski definition) is 4. The summed E-state index contributed by atoms with van der Waals surface area (Å²) in [5.74, 6) is 0.833. The lowest BCUT2D eigenvalue weighted by molar-refractivity contribution is -0.116. The number of carbonyl (C=O) groups excluding carboxylic acids is 1. The zero-order valence-electron chi connectivity index (χ0n) is 16.5. The Labute approximate surface area is 165 Å². The van der Waals surface area contributed by atoms with Crippen molar-refractivity contribution >= 4 is 22.6 Å². The number of carbonyl (C=O) groups is 1. The van der Waals surface area contributed by atoms with E-state index in [1.54, 1.807) is 0 Å². The summed E-state index contributed by atoms with van der Waals surface area (Å²) in [4.78, 5) is 17.2. The molecule has 148 valence electrons. The van der Waals surface area contributed by atoms with Crippen LogP contribution in [-0.4, -0.2) is 35.3 Å². The molecule has 0 aliphatic heterocycles. The molecule has 0 radical (unpaired) electrons. The molecule has 6 heteroatoms. The third-order valence-electron chi connectivity index (χ3n) is 4.41. The first-order valence-corrected chi connectivity index (χ1v) is 9.69. The number of hydrogen-bond donors (Lipinski definition) is 1. The number of para-hydroxylation sites is 2. The molecule has 1 N–H and O–H groups in total. The smallest absolute Gasteiger partial charge is 0.244 e. The van der Waals surface area contributed by atoms with Gasteiger partial charge >= 0.3 is 0 Å². The number of imidazole rings is 1. The second-order valence-electron chi connectivity index (χ2n) is 6.45. The Morgan fingerprint density at radius 1 is 1.07 bits per heavy atom. The predicted octanol–water partition coefficient (Wildman–Crippen LogP) is 3.79. The number of amides is 1. The van der Waals surface area contributed by atoms with Crippen LogP contribution in [0.1, 0.15) is 25.2 Å². The first-order valence-electron chi connectivity index (χ1n) is 9.69. The van der Waals surface area contributed by atoms with Gasteiger partial charge in [0.15, 0.2) is 0 Å². The summed E-state index contributed by atoms with van der Waals surface area (Å²) in [6.45, 7) is 6.56. The first kappa shape index (κ1) is 20.0. The van der Waals surface area contributed by atoms with Gasteiger partial charge in [0.2, 0.25) is 5.91 Å². The normalized spacial score (nSPS) is 11.1. The number of aryl methyl sites for hydroxylation is 1. The van der Waals surface area contributed by atoms with Crippen molar-refractivity contribution in [2.75, 3.05) is 25.1 Å². The third-order valence-corrected chi connectivity index (χ3v) is 4.41. The monoisotopic (exact) mass is 381 g/mol. The number of rotatable bonds is 10. The average molecular weight is 381 g/mol. The molecule has 0 spiro atoms. The number of fused-ring (bicyclic) bond motifs is 1. The van der Waals surface area contributed by atoms with Gasteiger partial charge in [-0.1, -0.05) is 31.2 Å². The number of benzene rings is 2. The highest BCUT2D eigenvalue weighted by atomic mass is 16.5. The van der Waals surface area contributed by atoms with E-state index in [1.807, 2.05) is 66.9 Å². The van der Waals surface area contributed by atoms with Crippen LogP contribution in [0.25, 0.3) is 11.0 Å². The molecule has 1 amide bonds. The van der Waals surface area contributed by atoms with E-state index in [-0.39, 0.29) is 12.5 Å². The maximum absolute atomic E-state index is 12.6. The van der Waals surface area contributed by atoms with Gasteiger partial charge in [0.25, 0.3) is 0 Å². The van der Waals surface area contributed by atoms with Crippen LogP contribution in [0, 0.1) is 0 Å². The average Bonchev–Trinajstić information content (AvgIpc) is 3.06. The largest absolute Gasteiger partial charge is 0.379 e. The van der Waals surface area contributed by atoms with E-state index in [1.165, 1.54) is 0 Å². The second kappa shape index (κ2) is 10.0. The standard InChI is InChI=1S/C22H27N3O3/c1-3-21-24-19-10-5-6-11-20(19)25(21)15-22(26)23-18-9-7-8-17(14-18)16-28-13-12-27-4-2/h5-11,14H,3-4,12-13,15-16H2,1-2H3,(H,23,26). The van der Waals surface area contributed by atoms with E-state index < -0.39 is 0 Å². The summed E-state index contributed by atoms with van der Waals surface area (Å²) in [5.41, 5.74) is 3.67. The number of ether oxygens (including phenoxy) is 2.